The Hall–Kier alpha value is -0.610. The number of nitrogens with one attached hydrogen (secondary N) is 1. The van der Waals surface area contributed by atoms with E-state index in [4.69, 9.17) is 4.74 Å². The number of carbonyl (C=O) groups excluding carboxylic acids is 1. The monoisotopic (exact) mass is 185 g/mol. The van der Waals surface area contributed by atoms with Crippen LogP contribution in [0.4, 0.5) is 0 Å². The summed E-state index contributed by atoms with van der Waals surface area (Å²) in [5.41, 5.74) is 0. The predicted octanol–water partition coefficient (Wildman–Crippen LogP) is -0.339. The molecule has 2 fully saturated rings. The smallest absolute Gasteiger partial charge is 0.323 e. The zero-order chi connectivity index (χ0) is 9.42. The third-order valence-electron chi connectivity index (χ3n) is 2.97. The molecule has 2 N–H and O–H groups in total. The molecule has 2 rings (SSSR count). The van der Waals surface area contributed by atoms with E-state index in [9.17, 15) is 9.90 Å². The van der Waals surface area contributed by atoms with E-state index in [0.717, 1.165) is 12.8 Å². The van der Waals surface area contributed by atoms with Gasteiger partial charge in [0.05, 0.1) is 12.7 Å². The van der Waals surface area contributed by atoms with Crippen LogP contribution >= 0.6 is 0 Å². The number of esters is 1. The molecule has 0 aromatic rings. The SMILES string of the molecule is CCOC(=O)[C@@H]1N[C@@H]2C[C@H]1C[C@H]2O. The van der Waals surface area contributed by atoms with Gasteiger partial charge < -0.3 is 9.84 Å². The molecular formula is C9H15NO3. The summed E-state index contributed by atoms with van der Waals surface area (Å²) in [5, 5.41) is 12.5. The summed E-state index contributed by atoms with van der Waals surface area (Å²) in [7, 11) is 0. The molecule has 2 aliphatic rings. The van der Waals surface area contributed by atoms with Crippen LogP contribution in [0.15, 0.2) is 0 Å². The Morgan fingerprint density at radius 2 is 2.38 bits per heavy atom. The highest BCUT2D eigenvalue weighted by Crippen LogP contribution is 2.35. The third kappa shape index (κ3) is 1.44. The third-order valence-corrected chi connectivity index (χ3v) is 2.97. The molecule has 0 unspecified atom stereocenters. The van der Waals surface area contributed by atoms with Gasteiger partial charge in [-0.3, -0.25) is 10.1 Å². The van der Waals surface area contributed by atoms with Crippen molar-refractivity contribution in [1.82, 2.24) is 5.32 Å². The molecule has 0 aromatic heterocycles. The van der Waals surface area contributed by atoms with Gasteiger partial charge in [0.25, 0.3) is 0 Å². The number of hydrogen-bond donors (Lipinski definition) is 2. The van der Waals surface area contributed by atoms with E-state index in [-0.39, 0.29) is 30.1 Å². The van der Waals surface area contributed by atoms with Gasteiger partial charge >= 0.3 is 5.97 Å². The maximum Gasteiger partial charge on any atom is 0.323 e. The fourth-order valence-electron chi connectivity index (χ4n) is 2.36. The van der Waals surface area contributed by atoms with Crippen LogP contribution in [0, 0.1) is 5.92 Å². The highest BCUT2D eigenvalue weighted by atomic mass is 16.5. The second-order valence-corrected chi connectivity index (χ2v) is 3.80. The molecule has 4 atom stereocenters. The van der Waals surface area contributed by atoms with Crippen LogP contribution in [0.25, 0.3) is 0 Å². The number of rotatable bonds is 2. The summed E-state index contributed by atoms with van der Waals surface area (Å²) in [6, 6.07) is -0.0623. The van der Waals surface area contributed by atoms with Crippen molar-refractivity contribution < 1.29 is 14.6 Å². The average Bonchev–Trinajstić information content (AvgIpc) is 2.62. The van der Waals surface area contributed by atoms with Gasteiger partial charge in [-0.25, -0.2) is 0 Å². The van der Waals surface area contributed by atoms with Crippen molar-refractivity contribution in [2.45, 2.75) is 38.0 Å². The van der Waals surface area contributed by atoms with Crippen LogP contribution < -0.4 is 5.32 Å². The summed E-state index contributed by atoms with van der Waals surface area (Å²) in [6.45, 7) is 2.23. The van der Waals surface area contributed by atoms with Crippen LogP contribution in [0.3, 0.4) is 0 Å². The molecule has 74 valence electrons. The number of ether oxygens (including phenoxy) is 1. The molecule has 1 aliphatic carbocycles. The highest BCUT2D eigenvalue weighted by Gasteiger charge is 2.48. The van der Waals surface area contributed by atoms with E-state index < -0.39 is 0 Å². The van der Waals surface area contributed by atoms with E-state index in [1.165, 1.54) is 0 Å². The van der Waals surface area contributed by atoms with Crippen molar-refractivity contribution >= 4 is 5.97 Å². The molecule has 4 heteroatoms. The summed E-state index contributed by atoms with van der Waals surface area (Å²) >= 11 is 0. The lowest BCUT2D eigenvalue weighted by molar-refractivity contribution is -0.147. The van der Waals surface area contributed by atoms with Crippen LogP contribution in [-0.4, -0.2) is 35.9 Å². The molecule has 2 bridgehead atoms. The predicted molar refractivity (Wildman–Crippen MR) is 46.1 cm³/mol. The Morgan fingerprint density at radius 3 is 2.85 bits per heavy atom. The van der Waals surface area contributed by atoms with Crippen molar-refractivity contribution in [1.29, 1.82) is 0 Å². The first-order chi connectivity index (χ1) is 6.22. The Bertz CT molecular complexity index is 217. The number of aliphatic hydroxyl groups is 1. The molecular weight excluding hydrogens is 170 g/mol. The highest BCUT2D eigenvalue weighted by molar-refractivity contribution is 5.77. The van der Waals surface area contributed by atoms with Gasteiger partial charge in [0.2, 0.25) is 0 Å². The first-order valence-electron chi connectivity index (χ1n) is 4.83. The summed E-state index contributed by atoms with van der Waals surface area (Å²) in [4.78, 5) is 11.4. The molecule has 1 heterocycles. The Balaban J connectivity index is 1.95. The minimum absolute atomic E-state index is 0.111. The number of hydrogen-bond acceptors (Lipinski definition) is 4. The fourth-order valence-corrected chi connectivity index (χ4v) is 2.36. The lowest BCUT2D eigenvalue weighted by Crippen LogP contribution is -2.48. The second kappa shape index (κ2) is 3.27. The molecule has 0 amide bonds. The number of piperidine rings is 1. The van der Waals surface area contributed by atoms with Crippen molar-refractivity contribution in [3.05, 3.63) is 0 Å². The summed E-state index contributed by atoms with van der Waals surface area (Å²) in [6.07, 6.45) is 1.38. The Morgan fingerprint density at radius 1 is 1.62 bits per heavy atom. The van der Waals surface area contributed by atoms with Gasteiger partial charge in [0.15, 0.2) is 0 Å². The standard InChI is InChI=1S/C9H15NO3/c1-2-13-9(12)8-5-3-6(10-8)7(11)4-5/h5-8,10-11H,2-4H2,1H3/t5-,6+,7+,8+/m0/s1. The summed E-state index contributed by atoms with van der Waals surface area (Å²) in [5.74, 6) is 0.112. The van der Waals surface area contributed by atoms with Gasteiger partial charge in [-0.15, -0.1) is 0 Å². The Labute approximate surface area is 77.3 Å². The summed E-state index contributed by atoms with van der Waals surface area (Å²) < 4.78 is 4.93. The zero-order valence-electron chi connectivity index (χ0n) is 7.69. The van der Waals surface area contributed by atoms with Gasteiger partial charge in [0.1, 0.15) is 6.04 Å². The maximum absolute atomic E-state index is 11.4. The largest absolute Gasteiger partial charge is 0.465 e. The van der Waals surface area contributed by atoms with Gasteiger partial charge in [-0.05, 0) is 25.7 Å². The van der Waals surface area contributed by atoms with Crippen LogP contribution in [0.2, 0.25) is 0 Å². The maximum atomic E-state index is 11.4. The zero-order valence-corrected chi connectivity index (χ0v) is 7.69. The van der Waals surface area contributed by atoms with Crippen LogP contribution in [0.5, 0.6) is 0 Å². The lowest BCUT2D eigenvalue weighted by Gasteiger charge is -2.24. The van der Waals surface area contributed by atoms with Crippen molar-refractivity contribution in [3.8, 4) is 0 Å². The van der Waals surface area contributed by atoms with Crippen molar-refractivity contribution in [2.24, 2.45) is 5.92 Å². The van der Waals surface area contributed by atoms with Crippen LogP contribution in [-0.2, 0) is 9.53 Å². The first kappa shape index (κ1) is 8.97. The van der Waals surface area contributed by atoms with E-state index in [1.807, 2.05) is 0 Å². The molecule has 4 nitrogen and oxygen atoms in total. The van der Waals surface area contributed by atoms with Crippen molar-refractivity contribution in [3.63, 3.8) is 0 Å². The van der Waals surface area contributed by atoms with E-state index in [0.29, 0.717) is 6.61 Å². The minimum Gasteiger partial charge on any atom is -0.465 e. The number of fused-ring (bicyclic) bond motifs is 2. The van der Waals surface area contributed by atoms with Gasteiger partial charge in [0, 0.05) is 6.04 Å². The quantitative estimate of drug-likeness (QED) is 0.578. The fraction of sp³-hybridized carbons (Fsp3) is 0.889. The normalized spacial score (nSPS) is 42.3. The molecule has 1 saturated heterocycles. The van der Waals surface area contributed by atoms with Crippen LogP contribution in [0.1, 0.15) is 19.8 Å². The van der Waals surface area contributed by atoms with E-state index >= 15 is 0 Å². The lowest BCUT2D eigenvalue weighted by atomic mass is 9.99. The Kier molecular flexibility index (Phi) is 2.26. The van der Waals surface area contributed by atoms with E-state index in [2.05, 4.69) is 5.32 Å². The number of aliphatic hydroxyl groups excluding tert-OH is 1. The second-order valence-electron chi connectivity index (χ2n) is 3.80. The molecule has 1 aliphatic heterocycles. The molecule has 13 heavy (non-hydrogen) atoms. The average molecular weight is 185 g/mol. The van der Waals surface area contributed by atoms with Crippen molar-refractivity contribution in [2.75, 3.05) is 6.61 Å². The topological polar surface area (TPSA) is 58.6 Å². The molecule has 0 radical (unpaired) electrons. The molecule has 0 spiro atoms. The van der Waals surface area contributed by atoms with Gasteiger partial charge in [-0.2, -0.15) is 0 Å². The van der Waals surface area contributed by atoms with E-state index in [1.54, 1.807) is 6.92 Å². The molecule has 0 aromatic carbocycles. The molecule has 1 saturated carbocycles. The van der Waals surface area contributed by atoms with Gasteiger partial charge in [-0.1, -0.05) is 0 Å². The minimum atomic E-state index is -0.268. The number of carbonyl (C=O) groups is 1. The first-order valence-corrected chi connectivity index (χ1v) is 4.83.